The Labute approximate surface area is 222 Å². The molecule has 194 valence electrons. The van der Waals surface area contributed by atoms with E-state index in [0.717, 1.165) is 26.5 Å². The minimum atomic E-state index is -2.34. The van der Waals surface area contributed by atoms with Crippen molar-refractivity contribution in [2.45, 2.75) is 93.4 Å². The van der Waals surface area contributed by atoms with Gasteiger partial charge in [0, 0.05) is 9.79 Å². The molecule has 3 nitrogen and oxygen atoms in total. The highest BCUT2D eigenvalue weighted by Crippen LogP contribution is 2.49. The van der Waals surface area contributed by atoms with Crippen LogP contribution in [-0.2, 0) is 20.8 Å². The van der Waals surface area contributed by atoms with Gasteiger partial charge in [0.15, 0.2) is 0 Å². The lowest BCUT2D eigenvalue weighted by Crippen LogP contribution is -2.53. The van der Waals surface area contributed by atoms with E-state index in [2.05, 4.69) is 66.7 Å². The minimum Gasteiger partial charge on any atom is -0.407 e. The predicted molar refractivity (Wildman–Crippen MR) is 155 cm³/mol. The third kappa shape index (κ3) is 5.60. The number of aryl methyl sites for hydroxylation is 1. The van der Waals surface area contributed by atoms with Gasteiger partial charge in [-0.25, -0.2) is 4.21 Å². The van der Waals surface area contributed by atoms with Gasteiger partial charge in [0.2, 0.25) is 8.32 Å². The Bertz CT molecular complexity index is 1130. The second kappa shape index (κ2) is 11.6. The lowest BCUT2D eigenvalue weighted by Gasteiger charge is -2.48. The fraction of sp³-hybridized carbons (Fsp3) is 0.419. The second-order valence-electron chi connectivity index (χ2n) is 11.1. The molecule has 0 bridgehead atoms. The van der Waals surface area contributed by atoms with E-state index in [-0.39, 0.29) is 0 Å². The molecule has 36 heavy (non-hydrogen) atoms. The summed E-state index contributed by atoms with van der Waals surface area (Å²) >= 11 is 0. The summed E-state index contributed by atoms with van der Waals surface area (Å²) in [7, 11) is -3.70. The van der Waals surface area contributed by atoms with Crippen LogP contribution in [0.25, 0.3) is 0 Å². The van der Waals surface area contributed by atoms with Crippen molar-refractivity contribution >= 4 is 19.1 Å². The van der Waals surface area contributed by atoms with Crippen LogP contribution >= 0.6 is 0 Å². The van der Waals surface area contributed by atoms with Crippen LogP contribution < -0.4 is 5.73 Å². The van der Waals surface area contributed by atoms with Gasteiger partial charge >= 0.3 is 0 Å². The number of hydrogen-bond acceptors (Lipinski definition) is 3. The summed E-state index contributed by atoms with van der Waals surface area (Å²) in [6, 6.07) is 26.1. The first kappa shape index (κ1) is 28.5. The van der Waals surface area contributed by atoms with Crippen molar-refractivity contribution in [3.63, 3.8) is 0 Å². The molecular weight excluding hydrogens is 478 g/mol. The Morgan fingerprint density at radius 3 is 1.81 bits per heavy atom. The summed E-state index contributed by atoms with van der Waals surface area (Å²) in [5, 5.41) is 0. The molecule has 3 atom stereocenters. The topological polar surface area (TPSA) is 52.3 Å². The van der Waals surface area contributed by atoms with Gasteiger partial charge in [-0.15, -0.1) is 0 Å². The molecule has 3 aromatic rings. The first-order valence-electron chi connectivity index (χ1n) is 13.0. The first-order valence-corrected chi connectivity index (χ1v) is 16.3. The van der Waals surface area contributed by atoms with E-state index in [4.69, 9.17) is 10.2 Å². The summed E-state index contributed by atoms with van der Waals surface area (Å²) in [4.78, 5) is 1.54. The Hall–Kier alpha value is -2.05. The van der Waals surface area contributed by atoms with Crippen LogP contribution in [-0.4, -0.2) is 12.5 Å². The van der Waals surface area contributed by atoms with E-state index in [1.807, 2.05) is 67.6 Å². The minimum absolute atomic E-state index is 0.390. The molecule has 0 radical (unpaired) electrons. The summed E-state index contributed by atoms with van der Waals surface area (Å²) in [5.74, 6) is 0. The van der Waals surface area contributed by atoms with Gasteiger partial charge in [-0.05, 0) is 59.8 Å². The Balaban J connectivity index is 2.25. The molecule has 3 rings (SSSR count). The lowest BCUT2D eigenvalue weighted by atomic mass is 9.84. The van der Waals surface area contributed by atoms with Gasteiger partial charge < -0.3 is 10.2 Å². The van der Waals surface area contributed by atoms with E-state index in [1.165, 1.54) is 0 Å². The monoisotopic (exact) mass is 521 g/mol. The molecule has 0 saturated heterocycles. The molecule has 1 unspecified atom stereocenters. The summed E-state index contributed by atoms with van der Waals surface area (Å²) in [5.41, 5.74) is 10.6. The van der Waals surface area contributed by atoms with E-state index in [1.54, 1.807) is 0 Å². The molecule has 0 aliphatic rings. The third-order valence-corrected chi connectivity index (χ3v) is 15.1. The fourth-order valence-corrected chi connectivity index (χ4v) is 12.5. The molecule has 0 saturated carbocycles. The van der Waals surface area contributed by atoms with Gasteiger partial charge in [-0.2, -0.15) is 0 Å². The highest BCUT2D eigenvalue weighted by Gasteiger charge is 2.50. The van der Waals surface area contributed by atoms with Gasteiger partial charge in [-0.3, -0.25) is 0 Å². The average Bonchev–Trinajstić information content (AvgIpc) is 2.84. The van der Waals surface area contributed by atoms with Gasteiger partial charge in [0.25, 0.3) is 0 Å². The van der Waals surface area contributed by atoms with E-state index in [0.29, 0.717) is 16.6 Å². The quantitative estimate of drug-likeness (QED) is 0.273. The first-order chi connectivity index (χ1) is 16.9. The molecule has 0 aliphatic carbocycles. The Kier molecular flexibility index (Phi) is 9.15. The van der Waals surface area contributed by atoms with Crippen molar-refractivity contribution in [3.8, 4) is 0 Å². The molecular formula is C31H43NO2SSi. The summed E-state index contributed by atoms with van der Waals surface area (Å²) in [6.07, 6.45) is -0.454. The van der Waals surface area contributed by atoms with Crippen molar-refractivity contribution in [2.24, 2.45) is 5.73 Å². The average molecular weight is 522 g/mol. The molecule has 0 spiro atoms. The maximum atomic E-state index is 13.9. The highest BCUT2D eigenvalue weighted by molar-refractivity contribution is 7.85. The van der Waals surface area contributed by atoms with Crippen LogP contribution in [0.5, 0.6) is 0 Å². The molecule has 0 amide bonds. The molecule has 2 N–H and O–H groups in total. The van der Waals surface area contributed by atoms with Crippen molar-refractivity contribution in [1.29, 1.82) is 0 Å². The molecule has 0 fully saturated rings. The zero-order valence-corrected chi connectivity index (χ0v) is 24.9. The smallest absolute Gasteiger partial charge is 0.201 e. The number of hydrogen-bond donors (Lipinski definition) is 1. The molecule has 0 aromatic heterocycles. The van der Waals surface area contributed by atoms with Crippen LogP contribution in [0.3, 0.4) is 0 Å². The largest absolute Gasteiger partial charge is 0.407 e. The molecule has 5 heteroatoms. The number of nitrogens with two attached hydrogens (primary N) is 1. The summed E-state index contributed by atoms with van der Waals surface area (Å²) in [6.45, 7) is 17.8. The van der Waals surface area contributed by atoms with Gasteiger partial charge in [-0.1, -0.05) is 108 Å². The predicted octanol–water partition coefficient (Wildman–Crippen LogP) is 8.27. The van der Waals surface area contributed by atoms with Gasteiger partial charge in [0.1, 0.15) is 0 Å². The number of rotatable bonds is 10. The summed E-state index contributed by atoms with van der Waals surface area (Å²) < 4.78 is 21.4. The van der Waals surface area contributed by atoms with E-state index < -0.39 is 30.8 Å². The van der Waals surface area contributed by atoms with Crippen molar-refractivity contribution < 1.29 is 8.63 Å². The SMILES string of the molecule is Cc1ccc(S(=O)c2ccccc2[C@H](O[Si](C(C)C)(C(C)C)C(C)C)[C@](C)(N)c2ccccc2)cc1. The maximum Gasteiger partial charge on any atom is 0.201 e. The van der Waals surface area contributed by atoms with Crippen LogP contribution in [0.15, 0.2) is 88.7 Å². The van der Waals surface area contributed by atoms with E-state index in [9.17, 15) is 4.21 Å². The zero-order valence-electron chi connectivity index (χ0n) is 23.1. The zero-order chi connectivity index (χ0) is 26.7. The van der Waals surface area contributed by atoms with Crippen LogP contribution in [0.1, 0.15) is 71.3 Å². The second-order valence-corrected chi connectivity index (χ2v) is 17.9. The van der Waals surface area contributed by atoms with Crippen molar-refractivity contribution in [1.82, 2.24) is 0 Å². The van der Waals surface area contributed by atoms with Crippen LogP contribution in [0, 0.1) is 6.92 Å². The third-order valence-electron chi connectivity index (χ3n) is 7.61. The van der Waals surface area contributed by atoms with Crippen LogP contribution in [0.4, 0.5) is 0 Å². The number of benzene rings is 3. The molecule has 3 aromatic carbocycles. The highest BCUT2D eigenvalue weighted by atomic mass is 32.2. The molecule has 0 heterocycles. The normalized spacial score (nSPS) is 15.8. The van der Waals surface area contributed by atoms with Crippen molar-refractivity contribution in [2.75, 3.05) is 0 Å². The van der Waals surface area contributed by atoms with Crippen molar-refractivity contribution in [3.05, 3.63) is 95.6 Å². The maximum absolute atomic E-state index is 13.9. The van der Waals surface area contributed by atoms with Gasteiger partial charge in [0.05, 0.1) is 22.4 Å². The van der Waals surface area contributed by atoms with E-state index >= 15 is 0 Å². The fourth-order valence-electron chi connectivity index (χ4n) is 5.72. The van der Waals surface area contributed by atoms with Crippen LogP contribution in [0.2, 0.25) is 16.6 Å². The Morgan fingerprint density at radius 2 is 1.28 bits per heavy atom. The Morgan fingerprint density at radius 1 is 0.778 bits per heavy atom. The lowest BCUT2D eigenvalue weighted by molar-refractivity contribution is 0.0951. The standard InChI is InChI=1S/C31H43NO2SSi/c1-22(2)36(23(3)4,24(5)6)34-30(31(8,32)26-14-10-9-11-15-26)28-16-12-13-17-29(28)35(33)27-20-18-25(7)19-21-27/h9-24,30H,32H2,1-8H3/t30-,31+,35?/m0/s1. The molecule has 0 aliphatic heterocycles.